The molecule has 2 heterocycles. The molecule has 1 fully saturated rings. The molecule has 0 aliphatic carbocycles. The van der Waals surface area contributed by atoms with E-state index in [1.807, 2.05) is 12.1 Å². The SMILES string of the molecule is CC(C)c1ccc(NC(=O)CN2C(=O)S/C(=C/c3ccc(-c4cc([N+](=O)[O-])ccc4Cl)o3)C2=O)cc1. The summed E-state index contributed by atoms with van der Waals surface area (Å²) in [5.41, 5.74) is 1.85. The van der Waals surface area contributed by atoms with Crippen LogP contribution in [0.4, 0.5) is 16.2 Å². The lowest BCUT2D eigenvalue weighted by Crippen LogP contribution is -2.36. The highest BCUT2D eigenvalue weighted by molar-refractivity contribution is 8.18. The third-order valence-electron chi connectivity index (χ3n) is 5.36. The van der Waals surface area contributed by atoms with Gasteiger partial charge >= 0.3 is 0 Å². The van der Waals surface area contributed by atoms with E-state index in [-0.39, 0.29) is 27.1 Å². The first-order valence-corrected chi connectivity index (χ1v) is 12.0. The van der Waals surface area contributed by atoms with Crippen LogP contribution in [-0.4, -0.2) is 33.4 Å². The minimum atomic E-state index is -0.623. The second-order valence-corrected chi connectivity index (χ2v) is 9.62. The molecule has 0 radical (unpaired) electrons. The van der Waals surface area contributed by atoms with Gasteiger partial charge in [0, 0.05) is 29.5 Å². The normalized spacial score (nSPS) is 14.7. The molecule has 0 unspecified atom stereocenters. The van der Waals surface area contributed by atoms with Crippen LogP contribution in [0.25, 0.3) is 17.4 Å². The number of furan rings is 1. The molecule has 184 valence electrons. The Hall–Kier alpha value is -3.89. The maximum Gasteiger partial charge on any atom is 0.294 e. The molecule has 0 saturated carbocycles. The van der Waals surface area contributed by atoms with Crippen molar-refractivity contribution in [2.45, 2.75) is 19.8 Å². The van der Waals surface area contributed by atoms with Gasteiger partial charge in [0.15, 0.2) is 0 Å². The molecule has 0 atom stereocenters. The van der Waals surface area contributed by atoms with Gasteiger partial charge in [-0.2, -0.15) is 0 Å². The van der Waals surface area contributed by atoms with E-state index < -0.39 is 28.5 Å². The Morgan fingerprint density at radius 3 is 2.56 bits per heavy atom. The molecule has 0 spiro atoms. The van der Waals surface area contributed by atoms with Crippen molar-refractivity contribution in [1.29, 1.82) is 0 Å². The first kappa shape index (κ1) is 25.2. The number of amides is 3. The minimum Gasteiger partial charge on any atom is -0.457 e. The molecule has 2 aromatic carbocycles. The monoisotopic (exact) mass is 525 g/mol. The van der Waals surface area contributed by atoms with Crippen molar-refractivity contribution < 1.29 is 23.7 Å². The summed E-state index contributed by atoms with van der Waals surface area (Å²) in [4.78, 5) is 49.1. The van der Waals surface area contributed by atoms with Gasteiger partial charge in [-0.3, -0.25) is 29.4 Å². The number of nitrogens with one attached hydrogen (secondary N) is 1. The molecule has 3 aromatic rings. The van der Waals surface area contributed by atoms with Gasteiger partial charge in [-0.05, 0) is 53.6 Å². The summed E-state index contributed by atoms with van der Waals surface area (Å²) in [7, 11) is 0. The first-order valence-electron chi connectivity index (χ1n) is 10.8. The van der Waals surface area contributed by atoms with E-state index >= 15 is 0 Å². The van der Waals surface area contributed by atoms with E-state index in [4.69, 9.17) is 16.0 Å². The van der Waals surface area contributed by atoms with Gasteiger partial charge in [0.05, 0.1) is 14.9 Å². The third kappa shape index (κ3) is 5.50. The Balaban J connectivity index is 1.45. The van der Waals surface area contributed by atoms with Gasteiger partial charge in [0.2, 0.25) is 5.91 Å². The second kappa shape index (κ2) is 10.4. The number of non-ortho nitro benzene ring substituents is 1. The molecule has 1 aliphatic rings. The van der Waals surface area contributed by atoms with Gasteiger partial charge in [0.25, 0.3) is 16.8 Å². The standard InChI is InChI=1S/C25H20ClN3O6S/c1-14(2)15-3-5-16(6-4-15)27-23(30)13-28-24(31)22(36-25(28)32)12-18-8-10-21(35-18)19-11-17(29(33)34)7-9-20(19)26/h3-12,14H,13H2,1-2H3,(H,27,30)/b22-12+. The fraction of sp³-hybridized carbons (Fsp3) is 0.160. The zero-order valence-electron chi connectivity index (χ0n) is 19.2. The Morgan fingerprint density at radius 1 is 1.17 bits per heavy atom. The maximum atomic E-state index is 12.8. The highest BCUT2D eigenvalue weighted by Gasteiger charge is 2.36. The number of carbonyl (C=O) groups excluding carboxylic acids is 3. The van der Waals surface area contributed by atoms with Crippen molar-refractivity contribution in [3.8, 4) is 11.3 Å². The van der Waals surface area contributed by atoms with Crippen LogP contribution in [0.1, 0.15) is 31.1 Å². The van der Waals surface area contributed by atoms with E-state index in [1.54, 1.807) is 24.3 Å². The molecule has 4 rings (SSSR count). The van der Waals surface area contributed by atoms with Crippen molar-refractivity contribution >= 4 is 57.9 Å². The van der Waals surface area contributed by atoms with E-state index in [1.165, 1.54) is 24.3 Å². The predicted octanol–water partition coefficient (Wildman–Crippen LogP) is 6.31. The van der Waals surface area contributed by atoms with Crippen molar-refractivity contribution in [3.05, 3.63) is 86.0 Å². The Bertz CT molecular complexity index is 1400. The molecule has 1 N–H and O–H groups in total. The highest BCUT2D eigenvalue weighted by Crippen LogP contribution is 2.35. The summed E-state index contributed by atoms with van der Waals surface area (Å²) in [5, 5.41) is 13.4. The Kier molecular flexibility index (Phi) is 7.27. The number of nitro benzene ring substituents is 1. The third-order valence-corrected chi connectivity index (χ3v) is 6.60. The van der Waals surface area contributed by atoms with Crippen LogP contribution < -0.4 is 5.32 Å². The summed E-state index contributed by atoms with van der Waals surface area (Å²) in [6.07, 6.45) is 1.38. The van der Waals surface area contributed by atoms with Crippen molar-refractivity contribution in [2.75, 3.05) is 11.9 Å². The van der Waals surface area contributed by atoms with E-state index in [0.29, 0.717) is 28.9 Å². The molecule has 11 heteroatoms. The highest BCUT2D eigenvalue weighted by atomic mass is 35.5. The fourth-order valence-electron chi connectivity index (χ4n) is 3.45. The molecule has 0 bridgehead atoms. The lowest BCUT2D eigenvalue weighted by Gasteiger charge is -2.13. The molecule has 1 saturated heterocycles. The topological polar surface area (TPSA) is 123 Å². The van der Waals surface area contributed by atoms with Crippen molar-refractivity contribution in [2.24, 2.45) is 0 Å². The largest absolute Gasteiger partial charge is 0.457 e. The molecule has 9 nitrogen and oxygen atoms in total. The van der Waals surface area contributed by atoms with E-state index in [9.17, 15) is 24.5 Å². The minimum absolute atomic E-state index is 0.0834. The van der Waals surface area contributed by atoms with Crippen LogP contribution in [0.15, 0.2) is 63.9 Å². The number of halogens is 1. The number of nitrogens with zero attached hydrogens (tertiary/aromatic N) is 2. The summed E-state index contributed by atoms with van der Waals surface area (Å²) in [6.45, 7) is 3.70. The van der Waals surface area contributed by atoms with Crippen LogP contribution in [0.2, 0.25) is 5.02 Å². The number of nitro groups is 1. The molecule has 1 aliphatic heterocycles. The quantitative estimate of drug-likeness (QED) is 0.218. The van der Waals surface area contributed by atoms with E-state index in [0.717, 1.165) is 10.5 Å². The van der Waals surface area contributed by atoms with Gasteiger partial charge in [-0.25, -0.2) is 0 Å². The number of hydrogen-bond donors (Lipinski definition) is 1. The number of imide groups is 1. The smallest absolute Gasteiger partial charge is 0.294 e. The number of anilines is 1. The van der Waals surface area contributed by atoms with Crippen LogP contribution in [-0.2, 0) is 9.59 Å². The van der Waals surface area contributed by atoms with Crippen molar-refractivity contribution in [1.82, 2.24) is 4.90 Å². The molecule has 36 heavy (non-hydrogen) atoms. The summed E-state index contributed by atoms with van der Waals surface area (Å²) in [5.74, 6) is -0.270. The number of rotatable bonds is 7. The number of benzene rings is 2. The first-order chi connectivity index (χ1) is 17.1. The van der Waals surface area contributed by atoms with Gasteiger partial charge in [-0.1, -0.05) is 37.6 Å². The summed E-state index contributed by atoms with van der Waals surface area (Å²) < 4.78 is 5.69. The number of hydrogen-bond acceptors (Lipinski definition) is 7. The van der Waals surface area contributed by atoms with Gasteiger partial charge in [-0.15, -0.1) is 0 Å². The van der Waals surface area contributed by atoms with E-state index in [2.05, 4.69) is 19.2 Å². The molecular formula is C25H20ClN3O6S. The predicted molar refractivity (Wildman–Crippen MR) is 138 cm³/mol. The van der Waals surface area contributed by atoms with Crippen LogP contribution in [0.5, 0.6) is 0 Å². The van der Waals surface area contributed by atoms with Crippen LogP contribution in [0, 0.1) is 10.1 Å². The molecule has 1 aromatic heterocycles. The number of thioether (sulfide) groups is 1. The Labute approximate surface area is 215 Å². The zero-order chi connectivity index (χ0) is 26.0. The lowest BCUT2D eigenvalue weighted by atomic mass is 10.0. The summed E-state index contributed by atoms with van der Waals surface area (Å²) in [6, 6.07) is 14.4. The maximum absolute atomic E-state index is 12.8. The Morgan fingerprint density at radius 2 is 1.89 bits per heavy atom. The average molecular weight is 526 g/mol. The van der Waals surface area contributed by atoms with Crippen LogP contribution in [0.3, 0.4) is 0 Å². The zero-order valence-corrected chi connectivity index (χ0v) is 20.8. The van der Waals surface area contributed by atoms with Crippen molar-refractivity contribution in [3.63, 3.8) is 0 Å². The van der Waals surface area contributed by atoms with Gasteiger partial charge in [0.1, 0.15) is 18.1 Å². The average Bonchev–Trinajstić information content (AvgIpc) is 3.39. The van der Waals surface area contributed by atoms with Gasteiger partial charge < -0.3 is 9.73 Å². The fourth-order valence-corrected chi connectivity index (χ4v) is 4.48. The second-order valence-electron chi connectivity index (χ2n) is 8.22. The number of carbonyl (C=O) groups is 3. The molecular weight excluding hydrogens is 506 g/mol. The summed E-state index contributed by atoms with van der Waals surface area (Å²) >= 11 is 6.85. The lowest BCUT2D eigenvalue weighted by molar-refractivity contribution is -0.384. The molecule has 3 amide bonds. The van der Waals surface area contributed by atoms with Crippen LogP contribution >= 0.6 is 23.4 Å².